The molecule has 0 fully saturated rings. The van der Waals surface area contributed by atoms with Crippen LogP contribution in [0.3, 0.4) is 0 Å². The molecule has 0 bridgehead atoms. The molecule has 2 nitrogen and oxygen atoms in total. The molecule has 2 rings (SSSR count). The van der Waals surface area contributed by atoms with Crippen LogP contribution < -0.4 is 0 Å². The fourth-order valence-electron chi connectivity index (χ4n) is 2.02. The van der Waals surface area contributed by atoms with Gasteiger partial charge in [0, 0.05) is 0 Å². The Labute approximate surface area is 103 Å². The van der Waals surface area contributed by atoms with Crippen molar-refractivity contribution in [1.29, 1.82) is 0 Å². The lowest BCUT2D eigenvalue weighted by atomic mass is 9.93. The number of halogens is 3. The fourth-order valence-corrected chi connectivity index (χ4v) is 2.02. The van der Waals surface area contributed by atoms with E-state index >= 15 is 0 Å². The van der Waals surface area contributed by atoms with Gasteiger partial charge in [0.2, 0.25) is 0 Å². The zero-order chi connectivity index (χ0) is 13.2. The highest BCUT2D eigenvalue weighted by Crippen LogP contribution is 2.32. The van der Waals surface area contributed by atoms with Crippen molar-refractivity contribution in [1.82, 2.24) is 0 Å². The molecule has 0 radical (unpaired) electrons. The van der Waals surface area contributed by atoms with Gasteiger partial charge in [-0.3, -0.25) is 4.99 Å². The second-order valence-electron chi connectivity index (χ2n) is 4.50. The summed E-state index contributed by atoms with van der Waals surface area (Å²) in [6.45, 7) is 2.42. The molecular weight excluding hydrogens is 243 g/mol. The number of ether oxygens (including phenoxy) is 1. The van der Waals surface area contributed by atoms with Gasteiger partial charge < -0.3 is 4.74 Å². The summed E-state index contributed by atoms with van der Waals surface area (Å²) in [5.41, 5.74) is 0.0879. The first-order chi connectivity index (χ1) is 8.47. The average Bonchev–Trinajstić information content (AvgIpc) is 2.81. The Bertz CT molecular complexity index is 442. The molecule has 0 saturated heterocycles. The van der Waals surface area contributed by atoms with Crippen LogP contribution >= 0.6 is 0 Å². The van der Waals surface area contributed by atoms with E-state index in [4.69, 9.17) is 4.74 Å². The molecule has 2 atom stereocenters. The van der Waals surface area contributed by atoms with Crippen molar-refractivity contribution in [2.45, 2.75) is 31.5 Å². The van der Waals surface area contributed by atoms with Crippen molar-refractivity contribution in [2.75, 3.05) is 6.61 Å². The van der Waals surface area contributed by atoms with E-state index in [2.05, 4.69) is 4.99 Å². The third kappa shape index (κ3) is 3.03. The van der Waals surface area contributed by atoms with Crippen LogP contribution in [0.5, 0.6) is 0 Å². The van der Waals surface area contributed by atoms with Crippen LogP contribution in [0.1, 0.15) is 30.4 Å². The summed E-state index contributed by atoms with van der Waals surface area (Å²) in [5.74, 6) is 0.0242. The minimum absolute atomic E-state index is 0.0242. The van der Waals surface area contributed by atoms with Crippen LogP contribution in [0.15, 0.2) is 29.3 Å². The van der Waals surface area contributed by atoms with E-state index in [-0.39, 0.29) is 12.0 Å². The SMILES string of the molecule is CC(CC1COC=N1)c1cccc(C(F)(F)F)c1. The maximum atomic E-state index is 12.6. The first kappa shape index (κ1) is 12.9. The summed E-state index contributed by atoms with van der Waals surface area (Å²) < 4.78 is 42.8. The van der Waals surface area contributed by atoms with Crippen molar-refractivity contribution in [3.63, 3.8) is 0 Å². The second-order valence-corrected chi connectivity index (χ2v) is 4.50. The minimum atomic E-state index is -4.29. The molecule has 1 aliphatic heterocycles. The highest BCUT2D eigenvalue weighted by atomic mass is 19.4. The molecule has 5 heteroatoms. The van der Waals surface area contributed by atoms with Gasteiger partial charge in [0.05, 0.1) is 11.6 Å². The Hall–Kier alpha value is -1.52. The van der Waals surface area contributed by atoms with Crippen molar-refractivity contribution < 1.29 is 17.9 Å². The van der Waals surface area contributed by atoms with E-state index in [1.165, 1.54) is 18.5 Å². The lowest BCUT2D eigenvalue weighted by Crippen LogP contribution is -2.11. The first-order valence-corrected chi connectivity index (χ1v) is 5.77. The first-order valence-electron chi connectivity index (χ1n) is 5.77. The summed E-state index contributed by atoms with van der Waals surface area (Å²) in [6.07, 6.45) is -2.19. The highest BCUT2D eigenvalue weighted by Gasteiger charge is 2.30. The van der Waals surface area contributed by atoms with E-state index in [0.29, 0.717) is 18.6 Å². The molecule has 0 saturated carbocycles. The Morgan fingerprint density at radius 3 is 2.83 bits per heavy atom. The Balaban J connectivity index is 2.10. The van der Waals surface area contributed by atoms with E-state index in [1.54, 1.807) is 6.07 Å². The molecule has 2 unspecified atom stereocenters. The molecule has 1 aliphatic rings. The number of aliphatic imine (C=N–C) groups is 1. The van der Waals surface area contributed by atoms with Crippen molar-refractivity contribution in [3.8, 4) is 0 Å². The normalized spacial score (nSPS) is 20.8. The quantitative estimate of drug-likeness (QED) is 0.810. The standard InChI is InChI=1S/C13H14F3NO/c1-9(5-12-7-18-8-17-12)10-3-2-4-11(6-10)13(14,15)16/h2-4,6,8-9,12H,5,7H2,1H3. The summed E-state index contributed by atoms with van der Waals surface area (Å²) in [5, 5.41) is 0. The van der Waals surface area contributed by atoms with Crippen molar-refractivity contribution in [2.24, 2.45) is 4.99 Å². The molecule has 1 aromatic carbocycles. The van der Waals surface area contributed by atoms with Gasteiger partial charge >= 0.3 is 6.18 Å². The fraction of sp³-hybridized carbons (Fsp3) is 0.462. The van der Waals surface area contributed by atoms with Gasteiger partial charge in [-0.1, -0.05) is 25.1 Å². The Kier molecular flexibility index (Phi) is 3.59. The predicted molar refractivity (Wildman–Crippen MR) is 62.7 cm³/mol. The maximum absolute atomic E-state index is 12.6. The average molecular weight is 257 g/mol. The van der Waals surface area contributed by atoms with Gasteiger partial charge in [-0.05, 0) is 24.0 Å². The molecule has 98 valence electrons. The van der Waals surface area contributed by atoms with Crippen LogP contribution in [0.25, 0.3) is 0 Å². The summed E-state index contributed by atoms with van der Waals surface area (Å²) in [4.78, 5) is 4.10. The summed E-state index contributed by atoms with van der Waals surface area (Å²) in [7, 11) is 0. The van der Waals surface area contributed by atoms with Gasteiger partial charge in [0.15, 0.2) is 6.40 Å². The molecule has 1 aromatic rings. The number of benzene rings is 1. The van der Waals surface area contributed by atoms with Crippen LogP contribution in [0.2, 0.25) is 0 Å². The lowest BCUT2D eigenvalue weighted by molar-refractivity contribution is -0.137. The third-order valence-corrected chi connectivity index (χ3v) is 3.04. The zero-order valence-corrected chi connectivity index (χ0v) is 9.95. The lowest BCUT2D eigenvalue weighted by Gasteiger charge is -2.16. The number of rotatable bonds is 3. The number of hydrogen-bond acceptors (Lipinski definition) is 2. The van der Waals surface area contributed by atoms with Crippen LogP contribution in [-0.2, 0) is 10.9 Å². The van der Waals surface area contributed by atoms with E-state index in [0.717, 1.165) is 6.07 Å². The number of alkyl halides is 3. The van der Waals surface area contributed by atoms with Gasteiger partial charge in [-0.15, -0.1) is 0 Å². The Morgan fingerprint density at radius 2 is 2.22 bits per heavy atom. The molecule has 0 amide bonds. The molecule has 18 heavy (non-hydrogen) atoms. The zero-order valence-electron chi connectivity index (χ0n) is 9.95. The number of nitrogens with zero attached hydrogens (tertiary/aromatic N) is 1. The van der Waals surface area contributed by atoms with Gasteiger partial charge in [0.25, 0.3) is 0 Å². The molecule has 1 heterocycles. The monoisotopic (exact) mass is 257 g/mol. The van der Waals surface area contributed by atoms with E-state index in [1.807, 2.05) is 6.92 Å². The minimum Gasteiger partial charge on any atom is -0.481 e. The topological polar surface area (TPSA) is 21.6 Å². The summed E-state index contributed by atoms with van der Waals surface area (Å²) >= 11 is 0. The molecule has 0 spiro atoms. The third-order valence-electron chi connectivity index (χ3n) is 3.04. The predicted octanol–water partition coefficient (Wildman–Crippen LogP) is 3.63. The Morgan fingerprint density at radius 1 is 1.44 bits per heavy atom. The summed E-state index contributed by atoms with van der Waals surface area (Å²) in [6, 6.07) is 5.52. The van der Waals surface area contributed by atoms with Crippen molar-refractivity contribution in [3.05, 3.63) is 35.4 Å². The number of hydrogen-bond donors (Lipinski definition) is 0. The maximum Gasteiger partial charge on any atom is 0.416 e. The largest absolute Gasteiger partial charge is 0.481 e. The van der Waals surface area contributed by atoms with Gasteiger partial charge in [-0.25, -0.2) is 0 Å². The van der Waals surface area contributed by atoms with Gasteiger partial charge in [-0.2, -0.15) is 13.2 Å². The van der Waals surface area contributed by atoms with Crippen LogP contribution in [0, 0.1) is 0 Å². The highest BCUT2D eigenvalue weighted by molar-refractivity contribution is 5.49. The molecule has 0 aromatic heterocycles. The van der Waals surface area contributed by atoms with E-state index < -0.39 is 11.7 Å². The van der Waals surface area contributed by atoms with Crippen LogP contribution in [-0.4, -0.2) is 19.0 Å². The van der Waals surface area contributed by atoms with Crippen molar-refractivity contribution >= 4 is 6.40 Å². The molecule has 0 aliphatic carbocycles. The second kappa shape index (κ2) is 5.00. The molecule has 0 N–H and O–H groups in total. The van der Waals surface area contributed by atoms with Crippen LogP contribution in [0.4, 0.5) is 13.2 Å². The molecular formula is C13H14F3NO. The van der Waals surface area contributed by atoms with Gasteiger partial charge in [0.1, 0.15) is 6.61 Å². The van der Waals surface area contributed by atoms with E-state index in [9.17, 15) is 13.2 Å². The smallest absolute Gasteiger partial charge is 0.416 e.